The van der Waals surface area contributed by atoms with E-state index in [0.29, 0.717) is 12.1 Å². The van der Waals surface area contributed by atoms with Gasteiger partial charge in [-0.15, -0.1) is 0 Å². The van der Waals surface area contributed by atoms with E-state index in [9.17, 15) is 0 Å². The van der Waals surface area contributed by atoms with Gasteiger partial charge in [0.15, 0.2) is 5.65 Å². The van der Waals surface area contributed by atoms with Crippen molar-refractivity contribution in [3.05, 3.63) is 48.7 Å². The van der Waals surface area contributed by atoms with Crippen LogP contribution in [0.5, 0.6) is 0 Å². The van der Waals surface area contributed by atoms with Crippen LogP contribution in [-0.4, -0.2) is 38.6 Å². The molecule has 3 heterocycles. The Kier molecular flexibility index (Phi) is 3.62. The molecule has 1 atom stereocenters. The number of rotatable bonds is 3. The van der Waals surface area contributed by atoms with E-state index in [1.165, 1.54) is 0 Å². The third kappa shape index (κ3) is 2.53. The van der Waals surface area contributed by atoms with Gasteiger partial charge >= 0.3 is 0 Å². The highest BCUT2D eigenvalue weighted by Gasteiger charge is 2.29. The molecule has 4 heteroatoms. The van der Waals surface area contributed by atoms with Crippen molar-refractivity contribution in [3.8, 4) is 11.4 Å². The lowest BCUT2D eigenvalue weighted by Crippen LogP contribution is -2.28. The van der Waals surface area contributed by atoms with E-state index in [-0.39, 0.29) is 0 Å². The van der Waals surface area contributed by atoms with Gasteiger partial charge in [0.25, 0.3) is 0 Å². The topological polar surface area (TPSA) is 34.0 Å². The molecule has 118 valence electrons. The molecule has 0 N–H and O–H groups in total. The molecule has 4 nitrogen and oxygen atoms in total. The van der Waals surface area contributed by atoms with Crippen LogP contribution >= 0.6 is 0 Å². The average Bonchev–Trinajstić information content (AvgIpc) is 3.20. The predicted molar refractivity (Wildman–Crippen MR) is 93.3 cm³/mol. The largest absolute Gasteiger partial charge is 0.304 e. The Morgan fingerprint density at radius 1 is 1.09 bits per heavy atom. The summed E-state index contributed by atoms with van der Waals surface area (Å²) in [6, 6.07) is 15.5. The fraction of sp³-hybridized carbons (Fsp3) is 0.368. The molecule has 1 saturated heterocycles. The van der Waals surface area contributed by atoms with Gasteiger partial charge < -0.3 is 4.57 Å². The average molecular weight is 306 g/mol. The van der Waals surface area contributed by atoms with Crippen molar-refractivity contribution in [2.75, 3.05) is 13.1 Å². The highest BCUT2D eigenvalue weighted by atomic mass is 15.2. The summed E-state index contributed by atoms with van der Waals surface area (Å²) >= 11 is 0. The zero-order valence-corrected chi connectivity index (χ0v) is 13.7. The zero-order chi connectivity index (χ0) is 15.8. The zero-order valence-electron chi connectivity index (χ0n) is 13.7. The predicted octanol–water partition coefficient (Wildman–Crippen LogP) is 3.75. The third-order valence-electron chi connectivity index (χ3n) is 4.77. The Morgan fingerprint density at radius 2 is 1.91 bits per heavy atom. The number of pyridine rings is 1. The van der Waals surface area contributed by atoms with E-state index in [1.54, 1.807) is 0 Å². The molecular formula is C19H22N4. The summed E-state index contributed by atoms with van der Waals surface area (Å²) in [6.45, 7) is 6.75. The number of likely N-dealkylation sites (tertiary alicyclic amines) is 1. The summed E-state index contributed by atoms with van der Waals surface area (Å²) in [5.41, 5.74) is 3.14. The molecule has 1 aromatic carbocycles. The molecular weight excluding hydrogens is 284 g/mol. The number of hydrogen-bond donors (Lipinski definition) is 0. The lowest BCUT2D eigenvalue weighted by molar-refractivity contribution is 0.266. The van der Waals surface area contributed by atoms with Crippen molar-refractivity contribution in [2.45, 2.75) is 32.4 Å². The first-order valence-electron chi connectivity index (χ1n) is 8.36. The minimum Gasteiger partial charge on any atom is -0.304 e. The second-order valence-corrected chi connectivity index (χ2v) is 6.55. The molecule has 2 aromatic heterocycles. The van der Waals surface area contributed by atoms with Gasteiger partial charge in [0.2, 0.25) is 0 Å². The van der Waals surface area contributed by atoms with Gasteiger partial charge in [0, 0.05) is 30.9 Å². The number of hydrogen-bond acceptors (Lipinski definition) is 3. The quantitative estimate of drug-likeness (QED) is 0.739. The van der Waals surface area contributed by atoms with Crippen molar-refractivity contribution >= 4 is 11.2 Å². The fourth-order valence-corrected chi connectivity index (χ4v) is 3.51. The van der Waals surface area contributed by atoms with E-state index < -0.39 is 0 Å². The van der Waals surface area contributed by atoms with Crippen LogP contribution in [0.1, 0.15) is 26.3 Å². The van der Waals surface area contributed by atoms with Gasteiger partial charge in [0.1, 0.15) is 11.3 Å². The molecule has 23 heavy (non-hydrogen) atoms. The number of aromatic nitrogens is 3. The monoisotopic (exact) mass is 306 g/mol. The summed E-state index contributed by atoms with van der Waals surface area (Å²) in [4.78, 5) is 12.0. The minimum absolute atomic E-state index is 0.438. The van der Waals surface area contributed by atoms with Crippen molar-refractivity contribution in [2.24, 2.45) is 0 Å². The van der Waals surface area contributed by atoms with Crippen molar-refractivity contribution in [1.29, 1.82) is 0 Å². The van der Waals surface area contributed by atoms with Crippen LogP contribution in [0.15, 0.2) is 48.7 Å². The van der Waals surface area contributed by atoms with Gasteiger partial charge in [-0.1, -0.05) is 30.3 Å². The molecule has 0 spiro atoms. The van der Waals surface area contributed by atoms with Crippen molar-refractivity contribution in [3.63, 3.8) is 0 Å². The molecule has 1 fully saturated rings. The maximum Gasteiger partial charge on any atom is 0.160 e. The van der Waals surface area contributed by atoms with Gasteiger partial charge in [-0.2, -0.15) is 0 Å². The van der Waals surface area contributed by atoms with Crippen LogP contribution in [0.2, 0.25) is 0 Å². The van der Waals surface area contributed by atoms with Crippen LogP contribution < -0.4 is 0 Å². The van der Waals surface area contributed by atoms with E-state index >= 15 is 0 Å². The Bertz CT molecular complexity index is 807. The molecule has 0 amide bonds. The van der Waals surface area contributed by atoms with Crippen LogP contribution in [-0.2, 0) is 0 Å². The summed E-state index contributed by atoms with van der Waals surface area (Å²) in [5.74, 6) is 1.04. The van der Waals surface area contributed by atoms with Crippen LogP contribution in [0.4, 0.5) is 0 Å². The summed E-state index contributed by atoms with van der Waals surface area (Å²) in [7, 11) is 0. The molecule has 1 aliphatic heterocycles. The Labute approximate surface area is 136 Å². The first-order chi connectivity index (χ1) is 11.2. The normalized spacial score (nSPS) is 19.0. The summed E-state index contributed by atoms with van der Waals surface area (Å²) in [6.07, 6.45) is 3.02. The molecule has 0 saturated carbocycles. The van der Waals surface area contributed by atoms with E-state index in [2.05, 4.69) is 58.6 Å². The smallest absolute Gasteiger partial charge is 0.160 e. The molecule has 0 bridgehead atoms. The molecule has 1 aliphatic rings. The standard InChI is InChI=1S/C19H22N4/c1-14(2)22-12-10-16(13-22)23-18(15-7-4-3-5-8-15)21-17-9-6-11-20-19(17)23/h3-9,11,14,16H,10,12-13H2,1-2H3. The number of benzene rings is 1. The number of fused-ring (bicyclic) bond motifs is 1. The van der Waals surface area contributed by atoms with Crippen LogP contribution in [0, 0.1) is 0 Å². The van der Waals surface area contributed by atoms with Crippen molar-refractivity contribution in [1.82, 2.24) is 19.4 Å². The van der Waals surface area contributed by atoms with Gasteiger partial charge in [-0.05, 0) is 32.4 Å². The SMILES string of the molecule is CC(C)N1CCC(n2c(-c3ccccc3)nc3cccnc32)C1. The second-order valence-electron chi connectivity index (χ2n) is 6.55. The Morgan fingerprint density at radius 3 is 2.65 bits per heavy atom. The highest BCUT2D eigenvalue weighted by Crippen LogP contribution is 2.32. The maximum atomic E-state index is 4.88. The molecule has 4 rings (SSSR count). The van der Waals surface area contributed by atoms with Crippen LogP contribution in [0.25, 0.3) is 22.6 Å². The number of imidazole rings is 1. The second kappa shape index (κ2) is 5.78. The van der Waals surface area contributed by atoms with Crippen molar-refractivity contribution < 1.29 is 0 Å². The lowest BCUT2D eigenvalue weighted by Gasteiger charge is -2.21. The Hall–Kier alpha value is -2.20. The third-order valence-corrected chi connectivity index (χ3v) is 4.77. The lowest BCUT2D eigenvalue weighted by atomic mass is 10.2. The molecule has 0 aliphatic carbocycles. The number of nitrogens with zero attached hydrogens (tertiary/aromatic N) is 4. The van der Waals surface area contributed by atoms with E-state index in [0.717, 1.165) is 42.1 Å². The summed E-state index contributed by atoms with van der Waals surface area (Å²) in [5, 5.41) is 0. The van der Waals surface area contributed by atoms with Gasteiger partial charge in [-0.3, -0.25) is 4.90 Å². The maximum absolute atomic E-state index is 4.88. The fourth-order valence-electron chi connectivity index (χ4n) is 3.51. The molecule has 0 radical (unpaired) electrons. The molecule has 3 aromatic rings. The van der Waals surface area contributed by atoms with E-state index in [1.807, 2.05) is 18.3 Å². The first kappa shape index (κ1) is 14.4. The molecule has 1 unspecified atom stereocenters. The van der Waals surface area contributed by atoms with Gasteiger partial charge in [0.05, 0.1) is 6.04 Å². The van der Waals surface area contributed by atoms with Crippen LogP contribution in [0.3, 0.4) is 0 Å². The summed E-state index contributed by atoms with van der Waals surface area (Å²) < 4.78 is 2.35. The van der Waals surface area contributed by atoms with Gasteiger partial charge in [-0.25, -0.2) is 9.97 Å². The highest BCUT2D eigenvalue weighted by molar-refractivity contribution is 5.77. The first-order valence-corrected chi connectivity index (χ1v) is 8.36. The minimum atomic E-state index is 0.438. The van der Waals surface area contributed by atoms with E-state index in [4.69, 9.17) is 4.98 Å². The Balaban J connectivity index is 1.84.